The van der Waals surface area contributed by atoms with Crippen LogP contribution in [0.15, 0.2) is 11.6 Å². The summed E-state index contributed by atoms with van der Waals surface area (Å²) in [5.74, 6) is 0.0660. The molecule has 0 atom stereocenters. The highest BCUT2D eigenvalue weighted by Crippen LogP contribution is 2.42. The van der Waals surface area contributed by atoms with E-state index in [0.29, 0.717) is 34.8 Å². The lowest BCUT2D eigenvalue weighted by Gasteiger charge is -2.16. The molecule has 0 aliphatic carbocycles. The molecule has 0 bridgehead atoms. The Hall–Kier alpha value is -2.08. The number of esters is 1. The Bertz CT molecular complexity index is 749. The molecule has 142 valence electrons. The molecule has 1 aromatic carbocycles. The third kappa shape index (κ3) is 4.36. The van der Waals surface area contributed by atoms with Gasteiger partial charge >= 0.3 is 5.97 Å². The summed E-state index contributed by atoms with van der Waals surface area (Å²) in [6, 6.07) is 0. The van der Waals surface area contributed by atoms with Crippen molar-refractivity contribution < 1.29 is 24.1 Å². The van der Waals surface area contributed by atoms with Crippen LogP contribution < -0.4 is 4.74 Å². The van der Waals surface area contributed by atoms with Crippen molar-refractivity contribution in [1.29, 1.82) is 0 Å². The second-order valence-electron chi connectivity index (χ2n) is 6.71. The summed E-state index contributed by atoms with van der Waals surface area (Å²) >= 11 is 5.21. The summed E-state index contributed by atoms with van der Waals surface area (Å²) in [6.07, 6.45) is 4.01. The van der Waals surface area contributed by atoms with E-state index >= 15 is 0 Å². The summed E-state index contributed by atoms with van der Waals surface area (Å²) in [7, 11) is 1.56. The fourth-order valence-electron chi connectivity index (χ4n) is 3.03. The maximum Gasteiger partial charge on any atom is 0.342 e. The average molecular weight is 378 g/mol. The lowest BCUT2D eigenvalue weighted by Crippen LogP contribution is -2.09. The monoisotopic (exact) mass is 378 g/mol. The van der Waals surface area contributed by atoms with Crippen molar-refractivity contribution in [2.75, 3.05) is 7.11 Å². The van der Waals surface area contributed by atoms with Crippen molar-refractivity contribution in [2.24, 2.45) is 0 Å². The van der Waals surface area contributed by atoms with Crippen LogP contribution in [0.4, 0.5) is 0 Å². The van der Waals surface area contributed by atoms with E-state index in [9.17, 15) is 9.90 Å². The first kappa shape index (κ1) is 20.2. The standard InChI is InChI=1S/C20H26O5S/c1-11(2)25-16(26)9-7-12(3)6-8-14-18(21)17-15(10-24-20(17)22)13(4)19(14)23-5/h6,11,21H,7-10H2,1-5H3/b12-6+. The lowest BCUT2D eigenvalue weighted by atomic mass is 9.94. The largest absolute Gasteiger partial charge is 0.507 e. The van der Waals surface area contributed by atoms with Crippen molar-refractivity contribution in [1.82, 2.24) is 0 Å². The van der Waals surface area contributed by atoms with Crippen LogP contribution in [0.1, 0.15) is 60.7 Å². The van der Waals surface area contributed by atoms with Crippen molar-refractivity contribution in [3.63, 3.8) is 0 Å². The van der Waals surface area contributed by atoms with Crippen molar-refractivity contribution in [2.45, 2.75) is 59.7 Å². The van der Waals surface area contributed by atoms with Gasteiger partial charge in [-0.1, -0.05) is 11.6 Å². The topological polar surface area (TPSA) is 65.0 Å². The van der Waals surface area contributed by atoms with Crippen LogP contribution in [0.25, 0.3) is 0 Å². The Balaban J connectivity index is 2.19. The molecule has 0 unspecified atom stereocenters. The molecule has 0 spiro atoms. The van der Waals surface area contributed by atoms with Crippen molar-refractivity contribution in [3.8, 4) is 11.5 Å². The van der Waals surface area contributed by atoms with Gasteiger partial charge in [0.05, 0.1) is 13.2 Å². The zero-order valence-corrected chi connectivity index (χ0v) is 16.8. The van der Waals surface area contributed by atoms with Gasteiger partial charge in [-0.3, -0.25) is 0 Å². The molecule has 0 radical (unpaired) electrons. The Morgan fingerprint density at radius 1 is 1.38 bits per heavy atom. The number of rotatable bonds is 7. The van der Waals surface area contributed by atoms with Gasteiger partial charge in [-0.05, 0) is 58.3 Å². The van der Waals surface area contributed by atoms with Gasteiger partial charge in [0, 0.05) is 17.5 Å². The molecule has 1 N–H and O–H groups in total. The van der Waals surface area contributed by atoms with Crippen molar-refractivity contribution in [3.05, 3.63) is 33.9 Å². The Morgan fingerprint density at radius 2 is 2.08 bits per heavy atom. The van der Waals surface area contributed by atoms with Gasteiger partial charge in [-0.2, -0.15) is 0 Å². The van der Waals surface area contributed by atoms with Crippen LogP contribution >= 0.6 is 12.2 Å². The number of carbonyl (C=O) groups is 1. The minimum absolute atomic E-state index is 0.0485. The first-order valence-corrected chi connectivity index (χ1v) is 9.10. The molecule has 26 heavy (non-hydrogen) atoms. The van der Waals surface area contributed by atoms with Crippen LogP contribution in [0, 0.1) is 6.92 Å². The molecule has 1 aliphatic rings. The molecule has 2 rings (SSSR count). The second-order valence-corrected chi connectivity index (χ2v) is 7.16. The van der Waals surface area contributed by atoms with E-state index in [1.807, 2.05) is 33.8 Å². The average Bonchev–Trinajstić information content (AvgIpc) is 2.96. The third-order valence-electron chi connectivity index (χ3n) is 4.39. The molecule has 0 aromatic heterocycles. The number of hydrogen-bond acceptors (Lipinski definition) is 6. The summed E-state index contributed by atoms with van der Waals surface area (Å²) < 4.78 is 16.0. The van der Waals surface area contributed by atoms with E-state index in [2.05, 4.69) is 0 Å². The number of phenolic OH excluding ortho intramolecular Hbond substituents is 1. The summed E-state index contributed by atoms with van der Waals surface area (Å²) in [5.41, 5.74) is 3.52. The maximum absolute atomic E-state index is 11.9. The first-order chi connectivity index (χ1) is 12.3. The number of carbonyl (C=O) groups excluding carboxylic acids is 1. The lowest BCUT2D eigenvalue weighted by molar-refractivity contribution is 0.0533. The fourth-order valence-corrected chi connectivity index (χ4v) is 3.32. The number of benzene rings is 1. The van der Waals surface area contributed by atoms with E-state index in [1.54, 1.807) is 7.11 Å². The third-order valence-corrected chi connectivity index (χ3v) is 4.69. The highest BCUT2D eigenvalue weighted by atomic mass is 32.1. The van der Waals surface area contributed by atoms with Gasteiger partial charge in [0.1, 0.15) is 23.7 Å². The Kier molecular flexibility index (Phi) is 6.64. The predicted octanol–water partition coefficient (Wildman–Crippen LogP) is 4.40. The number of methoxy groups -OCH3 is 1. The molecule has 1 aromatic rings. The molecule has 6 heteroatoms. The van der Waals surface area contributed by atoms with Gasteiger partial charge in [0.15, 0.2) is 5.05 Å². The zero-order valence-electron chi connectivity index (χ0n) is 16.0. The molecular formula is C20H26O5S. The highest BCUT2D eigenvalue weighted by Gasteiger charge is 2.31. The smallest absolute Gasteiger partial charge is 0.342 e. The molecular weight excluding hydrogens is 352 g/mol. The van der Waals surface area contributed by atoms with Gasteiger partial charge in [0.2, 0.25) is 0 Å². The highest BCUT2D eigenvalue weighted by molar-refractivity contribution is 7.80. The van der Waals surface area contributed by atoms with E-state index in [1.165, 1.54) is 0 Å². The maximum atomic E-state index is 11.9. The number of fused-ring (bicyclic) bond motifs is 1. The summed E-state index contributed by atoms with van der Waals surface area (Å²) in [6.45, 7) is 7.96. The SMILES string of the molecule is COc1c(C)c2c(c(O)c1C/C=C(\C)CCC(=S)OC(C)C)C(=O)OC2. The van der Waals surface area contributed by atoms with Gasteiger partial charge in [-0.15, -0.1) is 0 Å². The van der Waals surface area contributed by atoms with Gasteiger partial charge in [0.25, 0.3) is 0 Å². The Labute approximate surface area is 160 Å². The van der Waals surface area contributed by atoms with E-state index in [0.717, 1.165) is 17.6 Å². The van der Waals surface area contributed by atoms with Crippen LogP contribution in [0.3, 0.4) is 0 Å². The first-order valence-electron chi connectivity index (χ1n) is 8.69. The molecule has 1 aliphatic heterocycles. The summed E-state index contributed by atoms with van der Waals surface area (Å²) in [4.78, 5) is 11.9. The van der Waals surface area contributed by atoms with Crippen molar-refractivity contribution >= 4 is 23.2 Å². The second kappa shape index (κ2) is 8.54. The van der Waals surface area contributed by atoms with E-state index < -0.39 is 5.97 Å². The van der Waals surface area contributed by atoms with Gasteiger partial charge in [-0.25, -0.2) is 4.79 Å². The number of thiocarbonyl (C=S) groups is 1. The minimum Gasteiger partial charge on any atom is -0.507 e. The van der Waals surface area contributed by atoms with Crippen LogP contribution in [0.2, 0.25) is 0 Å². The minimum atomic E-state index is -0.485. The molecule has 0 saturated carbocycles. The molecule has 0 saturated heterocycles. The Morgan fingerprint density at radius 3 is 2.69 bits per heavy atom. The number of phenols is 1. The zero-order chi connectivity index (χ0) is 19.4. The summed E-state index contributed by atoms with van der Waals surface area (Å²) in [5, 5.41) is 11.2. The molecule has 1 heterocycles. The quantitative estimate of drug-likeness (QED) is 0.431. The molecule has 0 fully saturated rings. The van der Waals surface area contributed by atoms with Crippen LogP contribution in [-0.2, 0) is 22.5 Å². The van der Waals surface area contributed by atoms with Crippen LogP contribution in [-0.4, -0.2) is 29.3 Å². The number of cyclic esters (lactones) is 1. The van der Waals surface area contributed by atoms with Crippen LogP contribution in [0.5, 0.6) is 11.5 Å². The predicted molar refractivity (Wildman–Crippen MR) is 104 cm³/mol. The van der Waals surface area contributed by atoms with E-state index in [-0.39, 0.29) is 24.0 Å². The molecule has 5 nitrogen and oxygen atoms in total. The van der Waals surface area contributed by atoms with Gasteiger partial charge < -0.3 is 19.3 Å². The molecule has 0 amide bonds. The number of hydrogen-bond donors (Lipinski definition) is 1. The normalized spacial score (nSPS) is 13.6. The number of ether oxygens (including phenoxy) is 3. The number of allylic oxidation sites excluding steroid dienone is 2. The fraction of sp³-hybridized carbons (Fsp3) is 0.500. The number of aromatic hydroxyl groups is 1. The van der Waals surface area contributed by atoms with E-state index in [4.69, 9.17) is 26.4 Å².